The lowest BCUT2D eigenvalue weighted by atomic mass is 10.0. The van der Waals surface area contributed by atoms with Crippen LogP contribution >= 0.6 is 11.3 Å². The Morgan fingerprint density at radius 3 is 2.63 bits per heavy atom. The number of aromatic nitrogens is 3. The van der Waals surface area contributed by atoms with Gasteiger partial charge in [-0.1, -0.05) is 0 Å². The lowest BCUT2D eigenvalue weighted by Crippen LogP contribution is -2.05. The molecule has 0 fully saturated rings. The highest BCUT2D eigenvalue weighted by Crippen LogP contribution is 2.15. The molecule has 19 heavy (non-hydrogen) atoms. The Hall–Kier alpha value is -1.49. The van der Waals surface area contributed by atoms with E-state index >= 15 is 0 Å². The van der Waals surface area contributed by atoms with E-state index < -0.39 is 0 Å². The fourth-order valence-electron chi connectivity index (χ4n) is 2.22. The lowest BCUT2D eigenvalue weighted by molar-refractivity contribution is -0.118. The lowest BCUT2D eigenvalue weighted by Gasteiger charge is -2.01. The van der Waals surface area contributed by atoms with Crippen molar-refractivity contribution in [2.75, 3.05) is 0 Å². The van der Waals surface area contributed by atoms with Crippen molar-refractivity contribution in [1.82, 2.24) is 14.8 Å². The third-order valence-electron chi connectivity index (χ3n) is 3.36. The number of Topliss-reactive ketones (excluding diaryl/α,β-unsaturated/α-hetero) is 1. The first-order valence-corrected chi connectivity index (χ1v) is 7.27. The molecule has 0 radical (unpaired) electrons. The van der Waals surface area contributed by atoms with Crippen molar-refractivity contribution in [3.8, 4) is 0 Å². The third kappa shape index (κ3) is 3.29. The van der Waals surface area contributed by atoms with Crippen LogP contribution in [0.1, 0.15) is 34.1 Å². The summed E-state index contributed by atoms with van der Waals surface area (Å²) < 4.78 is 1.87. The topological polar surface area (TPSA) is 47.8 Å². The van der Waals surface area contributed by atoms with Crippen molar-refractivity contribution < 1.29 is 4.79 Å². The zero-order valence-electron chi connectivity index (χ0n) is 11.9. The van der Waals surface area contributed by atoms with Gasteiger partial charge in [0.25, 0.3) is 0 Å². The van der Waals surface area contributed by atoms with Gasteiger partial charge in [0.2, 0.25) is 0 Å². The molecule has 2 aromatic rings. The largest absolute Gasteiger partial charge is 0.299 e. The van der Waals surface area contributed by atoms with Gasteiger partial charge in [0.05, 0.1) is 16.4 Å². The summed E-state index contributed by atoms with van der Waals surface area (Å²) in [4.78, 5) is 16.3. The summed E-state index contributed by atoms with van der Waals surface area (Å²) in [5, 5.41) is 7.35. The van der Waals surface area contributed by atoms with Crippen molar-refractivity contribution >= 4 is 17.1 Å². The summed E-state index contributed by atoms with van der Waals surface area (Å²) in [5.41, 5.74) is 4.27. The standard InChI is InChI=1S/C14H19N3OS/c1-9-14(10(2)17(4)16-9)6-5-13(18)7-12-8-19-11(3)15-12/h8H,5-7H2,1-4H3. The number of rotatable bonds is 5. The quantitative estimate of drug-likeness (QED) is 0.844. The fraction of sp³-hybridized carbons (Fsp3) is 0.500. The van der Waals surface area contributed by atoms with E-state index in [9.17, 15) is 4.79 Å². The molecule has 102 valence electrons. The minimum Gasteiger partial charge on any atom is -0.299 e. The van der Waals surface area contributed by atoms with Gasteiger partial charge >= 0.3 is 0 Å². The molecule has 5 heteroatoms. The zero-order chi connectivity index (χ0) is 14.0. The molecule has 2 heterocycles. The van der Waals surface area contributed by atoms with E-state index in [4.69, 9.17) is 0 Å². The van der Waals surface area contributed by atoms with Gasteiger partial charge in [-0.05, 0) is 32.8 Å². The van der Waals surface area contributed by atoms with Crippen LogP contribution < -0.4 is 0 Å². The first-order chi connectivity index (χ1) is 8.97. The molecular formula is C14H19N3OS. The maximum absolute atomic E-state index is 12.0. The van der Waals surface area contributed by atoms with Crippen molar-refractivity contribution in [3.63, 3.8) is 0 Å². The monoisotopic (exact) mass is 277 g/mol. The van der Waals surface area contributed by atoms with Crippen LogP contribution in [0.3, 0.4) is 0 Å². The first kappa shape index (κ1) is 13.9. The van der Waals surface area contributed by atoms with Crippen LogP contribution in [0, 0.1) is 20.8 Å². The number of thiazole rings is 1. The second-order valence-corrected chi connectivity index (χ2v) is 5.91. The Kier molecular flexibility index (Phi) is 4.14. The molecule has 0 spiro atoms. The molecule has 0 aliphatic heterocycles. The molecule has 4 nitrogen and oxygen atoms in total. The number of aryl methyl sites for hydroxylation is 3. The zero-order valence-corrected chi connectivity index (χ0v) is 12.7. The Bertz CT molecular complexity index is 598. The smallest absolute Gasteiger partial charge is 0.139 e. The van der Waals surface area contributed by atoms with Crippen molar-refractivity contribution in [2.24, 2.45) is 7.05 Å². The van der Waals surface area contributed by atoms with E-state index in [1.165, 1.54) is 5.56 Å². The first-order valence-electron chi connectivity index (χ1n) is 6.39. The highest BCUT2D eigenvalue weighted by molar-refractivity contribution is 7.09. The number of hydrogen-bond acceptors (Lipinski definition) is 4. The van der Waals surface area contributed by atoms with Gasteiger partial charge in [-0.25, -0.2) is 4.98 Å². The van der Waals surface area contributed by atoms with Crippen LogP contribution in [-0.4, -0.2) is 20.5 Å². The molecule has 0 bridgehead atoms. The summed E-state index contributed by atoms with van der Waals surface area (Å²) in [7, 11) is 1.94. The summed E-state index contributed by atoms with van der Waals surface area (Å²) in [6.07, 6.45) is 1.78. The minimum absolute atomic E-state index is 0.243. The Morgan fingerprint density at radius 1 is 1.37 bits per heavy atom. The number of nitrogens with zero attached hydrogens (tertiary/aromatic N) is 3. The molecule has 2 rings (SSSR count). The molecule has 2 aromatic heterocycles. The third-order valence-corrected chi connectivity index (χ3v) is 4.18. The maximum atomic E-state index is 12.0. The predicted molar refractivity (Wildman–Crippen MR) is 76.6 cm³/mol. The molecule has 0 atom stereocenters. The highest BCUT2D eigenvalue weighted by Gasteiger charge is 2.12. The van der Waals surface area contributed by atoms with E-state index in [0.29, 0.717) is 12.8 Å². The summed E-state index contributed by atoms with van der Waals surface area (Å²) in [6.45, 7) is 6.00. The van der Waals surface area contributed by atoms with E-state index in [1.54, 1.807) is 11.3 Å². The van der Waals surface area contributed by atoms with Gasteiger partial charge in [0.1, 0.15) is 5.78 Å². The average Bonchev–Trinajstić information content (AvgIpc) is 2.83. The average molecular weight is 277 g/mol. The van der Waals surface area contributed by atoms with E-state index in [1.807, 2.05) is 37.9 Å². The van der Waals surface area contributed by atoms with Gasteiger partial charge in [0.15, 0.2) is 0 Å². The molecule has 0 aromatic carbocycles. The van der Waals surface area contributed by atoms with Gasteiger partial charge in [-0.2, -0.15) is 5.10 Å². The van der Waals surface area contributed by atoms with Crippen LogP contribution in [0.4, 0.5) is 0 Å². The van der Waals surface area contributed by atoms with Crippen LogP contribution in [0.5, 0.6) is 0 Å². The van der Waals surface area contributed by atoms with Crippen molar-refractivity contribution in [3.05, 3.63) is 33.0 Å². The van der Waals surface area contributed by atoms with Gasteiger partial charge < -0.3 is 0 Å². The number of ketones is 1. The van der Waals surface area contributed by atoms with E-state index in [2.05, 4.69) is 10.1 Å². The van der Waals surface area contributed by atoms with Crippen LogP contribution in [0.2, 0.25) is 0 Å². The molecule has 0 saturated heterocycles. The summed E-state index contributed by atoms with van der Waals surface area (Å²) in [6, 6.07) is 0. The van der Waals surface area contributed by atoms with Crippen LogP contribution in [-0.2, 0) is 24.7 Å². The molecule has 0 saturated carbocycles. The maximum Gasteiger partial charge on any atom is 0.139 e. The van der Waals surface area contributed by atoms with Crippen molar-refractivity contribution in [2.45, 2.75) is 40.0 Å². The van der Waals surface area contributed by atoms with Crippen molar-refractivity contribution in [1.29, 1.82) is 0 Å². The summed E-state index contributed by atoms with van der Waals surface area (Å²) in [5.74, 6) is 0.243. The van der Waals surface area contributed by atoms with Crippen LogP contribution in [0.15, 0.2) is 5.38 Å². The Labute approximate surface area is 117 Å². The van der Waals surface area contributed by atoms with Gasteiger partial charge in [-0.3, -0.25) is 9.48 Å². The SMILES string of the molecule is Cc1nc(CC(=O)CCc2c(C)nn(C)c2C)cs1. The number of hydrogen-bond donors (Lipinski definition) is 0. The molecule has 0 unspecified atom stereocenters. The molecule has 0 amide bonds. The Morgan fingerprint density at radius 2 is 2.11 bits per heavy atom. The normalized spacial score (nSPS) is 10.9. The number of carbonyl (C=O) groups excluding carboxylic acids is 1. The minimum atomic E-state index is 0.243. The molecular weight excluding hydrogens is 258 g/mol. The fourth-order valence-corrected chi connectivity index (χ4v) is 2.84. The highest BCUT2D eigenvalue weighted by atomic mass is 32.1. The molecule has 0 aliphatic rings. The van der Waals surface area contributed by atoms with E-state index in [0.717, 1.165) is 28.5 Å². The van der Waals surface area contributed by atoms with Gasteiger partial charge in [0, 0.05) is 31.0 Å². The second kappa shape index (κ2) is 5.65. The number of carbonyl (C=O) groups is 1. The Balaban J connectivity index is 1.93. The molecule has 0 aliphatic carbocycles. The van der Waals surface area contributed by atoms with E-state index in [-0.39, 0.29) is 5.78 Å². The van der Waals surface area contributed by atoms with Crippen LogP contribution in [0.25, 0.3) is 0 Å². The summed E-state index contributed by atoms with van der Waals surface area (Å²) >= 11 is 1.59. The molecule has 0 N–H and O–H groups in total. The predicted octanol–water partition coefficient (Wildman–Crippen LogP) is 2.55. The van der Waals surface area contributed by atoms with Gasteiger partial charge in [-0.15, -0.1) is 11.3 Å². The second-order valence-electron chi connectivity index (χ2n) is 4.85.